The third-order valence-corrected chi connectivity index (χ3v) is 1.81. The molecule has 0 amide bonds. The number of rotatable bonds is 2. The Hall–Kier alpha value is -1.95. The fraction of sp³-hybridized carbons (Fsp3) is 0.125. The highest BCUT2D eigenvalue weighted by Gasteiger charge is 2.10. The summed E-state index contributed by atoms with van der Waals surface area (Å²) in [6.07, 6.45) is 0. The molecule has 1 aromatic rings. The molecule has 0 saturated heterocycles. The maximum Gasteiger partial charge on any atom is 0.269 e. The van der Waals surface area contributed by atoms with Crippen LogP contribution in [0.15, 0.2) is 29.3 Å². The molecule has 0 atom stereocenters. The van der Waals surface area contributed by atoms with Crippen LogP contribution in [0.1, 0.15) is 5.56 Å². The Bertz CT molecular complexity index is 385. The molecule has 1 heterocycles. The Kier molecular flexibility index (Phi) is 2.11. The fourth-order valence-corrected chi connectivity index (χ4v) is 1.12. The number of hydrogen-bond acceptors (Lipinski definition) is 5. The Balaban J connectivity index is 2.25. The summed E-state index contributed by atoms with van der Waals surface area (Å²) in [6, 6.07) is 6.10. The van der Waals surface area contributed by atoms with Gasteiger partial charge in [0, 0.05) is 17.7 Å². The van der Waals surface area contributed by atoms with Crippen molar-refractivity contribution in [3.05, 3.63) is 39.9 Å². The molecule has 2 rings (SSSR count). The lowest BCUT2D eigenvalue weighted by Crippen LogP contribution is -2.17. The van der Waals surface area contributed by atoms with Crippen molar-refractivity contribution in [1.82, 2.24) is 5.48 Å². The zero-order valence-corrected chi connectivity index (χ0v) is 7.14. The summed E-state index contributed by atoms with van der Waals surface area (Å²) >= 11 is 0. The minimum atomic E-state index is -0.440. The van der Waals surface area contributed by atoms with Crippen LogP contribution in [0, 0.1) is 10.1 Å². The topological polar surface area (TPSA) is 76.8 Å². The van der Waals surface area contributed by atoms with E-state index in [0.717, 1.165) is 5.56 Å². The van der Waals surface area contributed by atoms with E-state index in [9.17, 15) is 10.1 Å². The van der Waals surface area contributed by atoms with E-state index in [4.69, 9.17) is 4.84 Å². The van der Waals surface area contributed by atoms with E-state index >= 15 is 0 Å². The Labute approximate surface area is 79.3 Å². The van der Waals surface area contributed by atoms with Gasteiger partial charge in [-0.2, -0.15) is 0 Å². The van der Waals surface area contributed by atoms with Crippen molar-refractivity contribution in [2.75, 3.05) is 6.73 Å². The number of nitro benzene ring substituents is 1. The molecule has 0 unspecified atom stereocenters. The number of nitro groups is 1. The summed E-state index contributed by atoms with van der Waals surface area (Å²) in [4.78, 5) is 18.7. The van der Waals surface area contributed by atoms with Crippen molar-refractivity contribution < 1.29 is 9.76 Å². The van der Waals surface area contributed by atoms with Crippen LogP contribution in [-0.2, 0) is 4.84 Å². The van der Waals surface area contributed by atoms with Gasteiger partial charge in [0.1, 0.15) is 0 Å². The highest BCUT2D eigenvalue weighted by molar-refractivity contribution is 5.98. The Morgan fingerprint density at radius 1 is 1.43 bits per heavy atom. The summed E-state index contributed by atoms with van der Waals surface area (Å²) in [6.45, 7) is 0.270. The van der Waals surface area contributed by atoms with Gasteiger partial charge in [0.25, 0.3) is 5.69 Å². The molecule has 6 nitrogen and oxygen atoms in total. The maximum atomic E-state index is 10.4. The molecule has 0 saturated carbocycles. The van der Waals surface area contributed by atoms with E-state index in [2.05, 4.69) is 10.5 Å². The van der Waals surface area contributed by atoms with Crippen LogP contribution >= 0.6 is 0 Å². The summed E-state index contributed by atoms with van der Waals surface area (Å²) in [7, 11) is 0. The average molecular weight is 193 g/mol. The minimum absolute atomic E-state index is 0.0632. The van der Waals surface area contributed by atoms with Crippen LogP contribution in [0.4, 0.5) is 5.69 Å². The standard InChI is InChI=1S/C8H7N3O3/c12-11(13)7-3-1-6(2-4-7)8-9-5-14-10-8/h1-4H,5H2,(H,9,10). The number of non-ortho nitro benzene ring substituents is 1. The van der Waals surface area contributed by atoms with Crippen molar-refractivity contribution >= 4 is 11.5 Å². The monoisotopic (exact) mass is 193 g/mol. The van der Waals surface area contributed by atoms with Gasteiger partial charge in [-0.05, 0) is 12.1 Å². The van der Waals surface area contributed by atoms with Gasteiger partial charge >= 0.3 is 0 Å². The SMILES string of the molecule is O=[N+]([O-])c1ccc(C2=NCON2)cc1. The first-order chi connectivity index (χ1) is 6.77. The number of hydrogen-bond donors (Lipinski definition) is 1. The van der Waals surface area contributed by atoms with Crippen molar-refractivity contribution in [3.8, 4) is 0 Å². The first-order valence-corrected chi connectivity index (χ1v) is 3.94. The lowest BCUT2D eigenvalue weighted by molar-refractivity contribution is -0.384. The van der Waals surface area contributed by atoms with Crippen LogP contribution in [0.25, 0.3) is 0 Å². The fourth-order valence-electron chi connectivity index (χ4n) is 1.12. The summed E-state index contributed by atoms with van der Waals surface area (Å²) in [5, 5.41) is 10.4. The van der Waals surface area contributed by atoms with Crippen molar-refractivity contribution in [2.45, 2.75) is 0 Å². The lowest BCUT2D eigenvalue weighted by Gasteiger charge is -1.99. The molecular weight excluding hydrogens is 186 g/mol. The second-order valence-electron chi connectivity index (χ2n) is 2.69. The average Bonchev–Trinajstić information content (AvgIpc) is 2.71. The molecule has 1 aliphatic heterocycles. The Morgan fingerprint density at radius 3 is 2.64 bits per heavy atom. The van der Waals surface area contributed by atoms with Crippen LogP contribution in [0.3, 0.4) is 0 Å². The predicted octanol–water partition coefficient (Wildman–Crippen LogP) is 0.834. The van der Waals surface area contributed by atoms with Gasteiger partial charge in [-0.25, -0.2) is 10.5 Å². The van der Waals surface area contributed by atoms with Crippen LogP contribution in [0.5, 0.6) is 0 Å². The molecule has 0 radical (unpaired) electrons. The van der Waals surface area contributed by atoms with E-state index in [1.54, 1.807) is 12.1 Å². The summed E-state index contributed by atoms with van der Waals surface area (Å²) in [5.74, 6) is 0.597. The van der Waals surface area contributed by atoms with Crippen molar-refractivity contribution in [3.63, 3.8) is 0 Å². The number of aliphatic imine (C=N–C) groups is 1. The number of nitrogens with zero attached hydrogens (tertiary/aromatic N) is 2. The van der Waals surface area contributed by atoms with Gasteiger partial charge in [0.2, 0.25) is 0 Å². The zero-order chi connectivity index (χ0) is 9.97. The number of hydroxylamine groups is 1. The number of amidine groups is 1. The molecule has 72 valence electrons. The van der Waals surface area contributed by atoms with Gasteiger partial charge in [0.15, 0.2) is 12.6 Å². The van der Waals surface area contributed by atoms with E-state index in [-0.39, 0.29) is 12.4 Å². The third kappa shape index (κ3) is 1.55. The van der Waals surface area contributed by atoms with E-state index < -0.39 is 4.92 Å². The molecule has 0 fully saturated rings. The first-order valence-electron chi connectivity index (χ1n) is 3.94. The number of nitrogens with one attached hydrogen (secondary N) is 1. The van der Waals surface area contributed by atoms with Crippen molar-refractivity contribution in [1.29, 1.82) is 0 Å². The quantitative estimate of drug-likeness (QED) is 0.557. The molecule has 1 aromatic carbocycles. The normalized spacial score (nSPS) is 14.7. The van der Waals surface area contributed by atoms with Crippen LogP contribution in [-0.4, -0.2) is 17.5 Å². The molecule has 1 aliphatic rings. The molecular formula is C8H7N3O3. The summed E-state index contributed by atoms with van der Waals surface area (Å²) in [5.41, 5.74) is 3.44. The van der Waals surface area contributed by atoms with Crippen LogP contribution in [0.2, 0.25) is 0 Å². The molecule has 1 N–H and O–H groups in total. The predicted molar refractivity (Wildman–Crippen MR) is 48.7 cm³/mol. The molecule has 0 spiro atoms. The van der Waals surface area contributed by atoms with Crippen LogP contribution < -0.4 is 5.48 Å². The zero-order valence-electron chi connectivity index (χ0n) is 7.14. The van der Waals surface area contributed by atoms with E-state index in [1.807, 2.05) is 0 Å². The first kappa shape index (κ1) is 8.64. The van der Waals surface area contributed by atoms with Gasteiger partial charge in [-0.15, -0.1) is 0 Å². The maximum absolute atomic E-state index is 10.4. The smallest absolute Gasteiger partial charge is 0.258 e. The third-order valence-electron chi connectivity index (χ3n) is 1.81. The highest BCUT2D eigenvalue weighted by atomic mass is 16.7. The molecule has 0 aromatic heterocycles. The highest BCUT2D eigenvalue weighted by Crippen LogP contribution is 2.12. The minimum Gasteiger partial charge on any atom is -0.258 e. The molecule has 14 heavy (non-hydrogen) atoms. The largest absolute Gasteiger partial charge is 0.269 e. The lowest BCUT2D eigenvalue weighted by atomic mass is 10.2. The van der Waals surface area contributed by atoms with Gasteiger partial charge in [0.05, 0.1) is 4.92 Å². The second-order valence-corrected chi connectivity index (χ2v) is 2.69. The Morgan fingerprint density at radius 2 is 2.14 bits per heavy atom. The molecule has 0 bridgehead atoms. The van der Waals surface area contributed by atoms with E-state index in [0.29, 0.717) is 5.84 Å². The molecule has 6 heteroatoms. The number of benzene rings is 1. The molecule has 0 aliphatic carbocycles. The summed E-state index contributed by atoms with van der Waals surface area (Å²) < 4.78 is 0. The van der Waals surface area contributed by atoms with Crippen molar-refractivity contribution in [2.24, 2.45) is 4.99 Å². The second kappa shape index (κ2) is 3.43. The van der Waals surface area contributed by atoms with Gasteiger partial charge in [-0.1, -0.05) is 0 Å². The van der Waals surface area contributed by atoms with E-state index in [1.165, 1.54) is 12.1 Å². The van der Waals surface area contributed by atoms with Gasteiger partial charge < -0.3 is 0 Å². The van der Waals surface area contributed by atoms with Gasteiger partial charge in [-0.3, -0.25) is 15.0 Å².